The number of ether oxygens (including phenoxy) is 1. The second-order valence-electron chi connectivity index (χ2n) is 5.69. The molecule has 8 heteroatoms. The molecule has 120 valence electrons. The quantitative estimate of drug-likeness (QED) is 0.902. The van der Waals surface area contributed by atoms with E-state index in [0.717, 1.165) is 18.4 Å². The van der Waals surface area contributed by atoms with Gasteiger partial charge in [0, 0.05) is 22.1 Å². The van der Waals surface area contributed by atoms with Crippen molar-refractivity contribution < 1.29 is 9.53 Å². The van der Waals surface area contributed by atoms with Gasteiger partial charge in [0.15, 0.2) is 5.82 Å². The molecule has 23 heavy (non-hydrogen) atoms. The molecule has 0 aliphatic carbocycles. The average Bonchev–Trinajstić information content (AvgIpc) is 3.10. The van der Waals surface area contributed by atoms with Crippen LogP contribution in [0.5, 0.6) is 0 Å². The van der Waals surface area contributed by atoms with E-state index in [9.17, 15) is 4.79 Å². The van der Waals surface area contributed by atoms with Gasteiger partial charge in [-0.25, -0.2) is 4.79 Å². The fourth-order valence-electron chi connectivity index (χ4n) is 3.14. The Morgan fingerprint density at radius 3 is 2.87 bits per heavy atom. The Morgan fingerprint density at radius 2 is 2.13 bits per heavy atom. The molecule has 1 aromatic heterocycles. The third-order valence-corrected chi connectivity index (χ3v) is 5.06. The van der Waals surface area contributed by atoms with Crippen LogP contribution in [0.2, 0.25) is 5.02 Å². The van der Waals surface area contributed by atoms with Gasteiger partial charge in [0.05, 0.1) is 25.3 Å². The number of urea groups is 1. The zero-order chi connectivity index (χ0) is 15.8. The minimum Gasteiger partial charge on any atom is -0.377 e. The van der Waals surface area contributed by atoms with Gasteiger partial charge < -0.3 is 9.64 Å². The molecule has 1 N–H and O–H groups in total. The topological polar surface area (TPSA) is 67.4 Å². The molecule has 0 saturated carbocycles. The maximum absolute atomic E-state index is 12.5. The molecule has 2 fully saturated rings. The van der Waals surface area contributed by atoms with Crippen LogP contribution in [-0.2, 0) is 4.74 Å². The first kappa shape index (κ1) is 14.9. The van der Waals surface area contributed by atoms with Crippen LogP contribution in [0.1, 0.15) is 12.8 Å². The molecule has 2 saturated heterocycles. The van der Waals surface area contributed by atoms with Gasteiger partial charge in [-0.05, 0) is 25.0 Å². The molecule has 0 radical (unpaired) electrons. The van der Waals surface area contributed by atoms with Crippen molar-refractivity contribution in [3.8, 4) is 11.4 Å². The van der Waals surface area contributed by atoms with E-state index in [2.05, 4.69) is 14.7 Å². The van der Waals surface area contributed by atoms with Crippen molar-refractivity contribution in [2.45, 2.75) is 24.9 Å². The summed E-state index contributed by atoms with van der Waals surface area (Å²) in [5.74, 6) is 0.567. The lowest BCUT2D eigenvalue weighted by Crippen LogP contribution is -2.50. The van der Waals surface area contributed by atoms with Crippen molar-refractivity contribution >= 4 is 34.3 Å². The largest absolute Gasteiger partial charge is 0.377 e. The van der Waals surface area contributed by atoms with Crippen LogP contribution in [0.3, 0.4) is 0 Å². The normalized spacial score (nSPS) is 23.1. The molecule has 2 amide bonds. The number of aromatic nitrogens is 2. The fraction of sp³-hybridized carbons (Fsp3) is 0.400. The summed E-state index contributed by atoms with van der Waals surface area (Å²) in [6.45, 7) is 1.24. The Kier molecular flexibility index (Phi) is 3.92. The molecule has 2 aliphatic rings. The van der Waals surface area contributed by atoms with Gasteiger partial charge in [-0.15, -0.1) is 0 Å². The number of nitrogens with one attached hydrogen (secondary N) is 1. The Hall–Kier alpha value is -1.70. The molecule has 2 bridgehead atoms. The van der Waals surface area contributed by atoms with E-state index in [1.165, 1.54) is 11.5 Å². The van der Waals surface area contributed by atoms with Gasteiger partial charge in [-0.2, -0.15) is 9.36 Å². The van der Waals surface area contributed by atoms with Gasteiger partial charge >= 0.3 is 6.03 Å². The number of morpholine rings is 1. The zero-order valence-corrected chi connectivity index (χ0v) is 13.8. The molecule has 1 aromatic carbocycles. The number of carbonyl (C=O) groups is 1. The summed E-state index contributed by atoms with van der Waals surface area (Å²) >= 11 is 7.16. The number of hydrogen-bond acceptors (Lipinski definition) is 5. The van der Waals surface area contributed by atoms with Crippen LogP contribution in [0.25, 0.3) is 11.4 Å². The molecule has 6 nitrogen and oxygen atoms in total. The van der Waals surface area contributed by atoms with Crippen molar-refractivity contribution in [3.63, 3.8) is 0 Å². The van der Waals surface area contributed by atoms with E-state index in [1.54, 1.807) is 12.1 Å². The zero-order valence-electron chi connectivity index (χ0n) is 12.2. The predicted octanol–water partition coefficient (Wildman–Crippen LogP) is 3.25. The summed E-state index contributed by atoms with van der Waals surface area (Å²) < 4.78 is 9.79. The second-order valence-corrected chi connectivity index (χ2v) is 6.88. The summed E-state index contributed by atoms with van der Waals surface area (Å²) in [4.78, 5) is 18.8. The number of rotatable bonds is 2. The molecule has 2 atom stereocenters. The number of fused-ring (bicyclic) bond motifs is 2. The maximum Gasteiger partial charge on any atom is 0.324 e. The molecular weight excluding hydrogens is 336 g/mol. The van der Waals surface area contributed by atoms with Crippen LogP contribution in [0.15, 0.2) is 24.3 Å². The molecule has 3 heterocycles. The Bertz CT molecular complexity index is 722. The van der Waals surface area contributed by atoms with E-state index in [0.29, 0.717) is 29.2 Å². The Labute approximate surface area is 142 Å². The SMILES string of the molecule is O=C(Nc1nc(-c2cccc(Cl)c2)ns1)N1C2CCC1COC2. The lowest BCUT2D eigenvalue weighted by atomic mass is 10.2. The van der Waals surface area contributed by atoms with Crippen molar-refractivity contribution in [2.75, 3.05) is 18.5 Å². The summed E-state index contributed by atoms with van der Waals surface area (Å²) in [7, 11) is 0. The predicted molar refractivity (Wildman–Crippen MR) is 88.8 cm³/mol. The molecule has 2 aromatic rings. The van der Waals surface area contributed by atoms with Crippen LogP contribution < -0.4 is 5.32 Å². The minimum absolute atomic E-state index is 0.116. The van der Waals surface area contributed by atoms with E-state index >= 15 is 0 Å². The van der Waals surface area contributed by atoms with Crippen LogP contribution in [0, 0.1) is 0 Å². The molecule has 0 spiro atoms. The smallest absolute Gasteiger partial charge is 0.324 e. The van der Waals surface area contributed by atoms with Gasteiger partial charge in [-0.1, -0.05) is 23.7 Å². The lowest BCUT2D eigenvalue weighted by Gasteiger charge is -2.34. The van der Waals surface area contributed by atoms with Crippen LogP contribution in [0.4, 0.5) is 9.93 Å². The van der Waals surface area contributed by atoms with Crippen molar-refractivity contribution in [1.82, 2.24) is 14.3 Å². The summed E-state index contributed by atoms with van der Waals surface area (Å²) in [6, 6.07) is 7.58. The number of hydrogen-bond donors (Lipinski definition) is 1. The highest BCUT2D eigenvalue weighted by atomic mass is 35.5. The molecule has 4 rings (SSSR count). The average molecular weight is 351 g/mol. The van der Waals surface area contributed by atoms with E-state index in [-0.39, 0.29) is 18.1 Å². The van der Waals surface area contributed by atoms with Crippen molar-refractivity contribution in [2.24, 2.45) is 0 Å². The highest BCUT2D eigenvalue weighted by molar-refractivity contribution is 7.10. The van der Waals surface area contributed by atoms with E-state index in [1.807, 2.05) is 17.0 Å². The Balaban J connectivity index is 1.48. The van der Waals surface area contributed by atoms with Gasteiger partial charge in [-0.3, -0.25) is 5.32 Å². The van der Waals surface area contributed by atoms with E-state index in [4.69, 9.17) is 16.3 Å². The van der Waals surface area contributed by atoms with E-state index < -0.39 is 0 Å². The standard InChI is InChI=1S/C15H15ClN4O2S/c16-10-3-1-2-9(6-10)13-17-14(23-19-13)18-15(21)20-11-4-5-12(20)8-22-7-11/h1-3,6,11-12H,4-5,7-8H2,(H,17,18,19,21). The fourth-order valence-corrected chi connectivity index (χ4v) is 3.90. The number of halogens is 1. The third kappa shape index (κ3) is 2.91. The van der Waals surface area contributed by atoms with Gasteiger partial charge in [0.2, 0.25) is 5.13 Å². The van der Waals surface area contributed by atoms with Crippen molar-refractivity contribution in [1.29, 1.82) is 0 Å². The van der Waals surface area contributed by atoms with Crippen LogP contribution >= 0.6 is 23.1 Å². The molecule has 2 aliphatic heterocycles. The number of nitrogens with zero attached hydrogens (tertiary/aromatic N) is 3. The molecule has 2 unspecified atom stereocenters. The molecular formula is C15H15ClN4O2S. The van der Waals surface area contributed by atoms with Crippen LogP contribution in [-0.4, -0.2) is 45.6 Å². The van der Waals surface area contributed by atoms with Gasteiger partial charge in [0.25, 0.3) is 0 Å². The van der Waals surface area contributed by atoms with Gasteiger partial charge in [0.1, 0.15) is 0 Å². The first-order valence-corrected chi connectivity index (χ1v) is 8.62. The maximum atomic E-state index is 12.5. The second kappa shape index (κ2) is 6.07. The first-order chi connectivity index (χ1) is 11.2. The number of carbonyl (C=O) groups excluding carboxylic acids is 1. The minimum atomic E-state index is -0.116. The first-order valence-electron chi connectivity index (χ1n) is 7.47. The highest BCUT2D eigenvalue weighted by Gasteiger charge is 2.40. The summed E-state index contributed by atoms with van der Waals surface area (Å²) in [5.41, 5.74) is 0.834. The third-order valence-electron chi connectivity index (χ3n) is 4.20. The number of amides is 2. The Morgan fingerprint density at radius 1 is 1.35 bits per heavy atom. The lowest BCUT2D eigenvalue weighted by molar-refractivity contribution is 0.00949. The number of benzene rings is 1. The highest BCUT2D eigenvalue weighted by Crippen LogP contribution is 2.30. The summed E-state index contributed by atoms with van der Waals surface area (Å²) in [5, 5.41) is 3.99. The summed E-state index contributed by atoms with van der Waals surface area (Å²) in [6.07, 6.45) is 2.00. The number of anilines is 1. The monoisotopic (exact) mass is 350 g/mol. The van der Waals surface area contributed by atoms with Crippen molar-refractivity contribution in [3.05, 3.63) is 29.3 Å².